The van der Waals surface area contributed by atoms with Crippen molar-refractivity contribution in [2.24, 2.45) is 5.92 Å². The third-order valence-electron chi connectivity index (χ3n) is 2.98. The molecule has 0 aliphatic rings. The molecule has 0 fully saturated rings. The SMILES string of the molecule is CNCC(C)C(=O)Nc1ccc(Nc2nc(C)cs2)cc1.Cl. The largest absolute Gasteiger partial charge is 0.332 e. The zero-order chi connectivity index (χ0) is 15.2. The van der Waals surface area contributed by atoms with E-state index in [0.29, 0.717) is 6.54 Å². The molecule has 3 N–H and O–H groups in total. The molecule has 1 aromatic carbocycles. The fourth-order valence-corrected chi connectivity index (χ4v) is 2.54. The van der Waals surface area contributed by atoms with Crippen LogP contribution in [0.25, 0.3) is 0 Å². The molecule has 1 heterocycles. The molecule has 0 saturated heterocycles. The van der Waals surface area contributed by atoms with E-state index in [4.69, 9.17) is 0 Å². The number of anilines is 3. The average molecular weight is 341 g/mol. The van der Waals surface area contributed by atoms with Crippen LogP contribution in [0.15, 0.2) is 29.6 Å². The van der Waals surface area contributed by atoms with E-state index in [2.05, 4.69) is 20.9 Å². The first-order chi connectivity index (χ1) is 10.1. The van der Waals surface area contributed by atoms with Gasteiger partial charge in [0.15, 0.2) is 5.13 Å². The van der Waals surface area contributed by atoms with Gasteiger partial charge >= 0.3 is 0 Å². The van der Waals surface area contributed by atoms with E-state index in [9.17, 15) is 4.79 Å². The lowest BCUT2D eigenvalue weighted by Crippen LogP contribution is -2.28. The molecule has 2 rings (SSSR count). The average Bonchev–Trinajstić information content (AvgIpc) is 2.86. The molecule has 5 nitrogen and oxygen atoms in total. The van der Waals surface area contributed by atoms with Crippen molar-refractivity contribution in [3.63, 3.8) is 0 Å². The first-order valence-electron chi connectivity index (χ1n) is 6.83. The molecular formula is C15H21ClN4OS. The quantitative estimate of drug-likeness (QED) is 0.754. The van der Waals surface area contributed by atoms with Crippen LogP contribution < -0.4 is 16.0 Å². The summed E-state index contributed by atoms with van der Waals surface area (Å²) in [4.78, 5) is 16.3. The van der Waals surface area contributed by atoms with E-state index in [-0.39, 0.29) is 24.2 Å². The van der Waals surface area contributed by atoms with Crippen molar-refractivity contribution in [1.29, 1.82) is 0 Å². The minimum Gasteiger partial charge on any atom is -0.332 e. The molecule has 7 heteroatoms. The van der Waals surface area contributed by atoms with E-state index >= 15 is 0 Å². The lowest BCUT2D eigenvalue weighted by molar-refractivity contribution is -0.119. The first-order valence-corrected chi connectivity index (χ1v) is 7.71. The van der Waals surface area contributed by atoms with Crippen LogP contribution in [0.2, 0.25) is 0 Å². The van der Waals surface area contributed by atoms with Gasteiger partial charge in [-0.05, 0) is 38.2 Å². The summed E-state index contributed by atoms with van der Waals surface area (Å²) in [5.41, 5.74) is 2.75. The van der Waals surface area contributed by atoms with E-state index in [1.165, 1.54) is 0 Å². The van der Waals surface area contributed by atoms with Gasteiger partial charge in [0.05, 0.1) is 5.69 Å². The Morgan fingerprint density at radius 2 is 1.91 bits per heavy atom. The fourth-order valence-electron chi connectivity index (χ4n) is 1.84. The number of hydrogen-bond donors (Lipinski definition) is 3. The molecule has 1 atom stereocenters. The molecule has 0 saturated carbocycles. The maximum absolute atomic E-state index is 11.9. The van der Waals surface area contributed by atoms with Crippen LogP contribution in [0.1, 0.15) is 12.6 Å². The van der Waals surface area contributed by atoms with E-state index in [1.54, 1.807) is 11.3 Å². The first kappa shape index (κ1) is 18.4. The number of thiazole rings is 1. The van der Waals surface area contributed by atoms with Crippen LogP contribution in [0.4, 0.5) is 16.5 Å². The molecule has 0 spiro atoms. The number of benzene rings is 1. The maximum Gasteiger partial charge on any atom is 0.228 e. The van der Waals surface area contributed by atoms with Crippen molar-refractivity contribution >= 4 is 46.2 Å². The fraction of sp³-hybridized carbons (Fsp3) is 0.333. The summed E-state index contributed by atoms with van der Waals surface area (Å²) in [6.07, 6.45) is 0. The van der Waals surface area contributed by atoms with Crippen molar-refractivity contribution in [2.45, 2.75) is 13.8 Å². The van der Waals surface area contributed by atoms with E-state index in [0.717, 1.165) is 22.2 Å². The number of halogens is 1. The number of carbonyl (C=O) groups excluding carboxylic acids is 1. The van der Waals surface area contributed by atoms with Crippen LogP contribution in [-0.4, -0.2) is 24.5 Å². The molecule has 0 bridgehead atoms. The summed E-state index contributed by atoms with van der Waals surface area (Å²) >= 11 is 1.57. The molecule has 1 unspecified atom stereocenters. The highest BCUT2D eigenvalue weighted by atomic mass is 35.5. The Morgan fingerprint density at radius 3 is 2.45 bits per heavy atom. The van der Waals surface area contributed by atoms with Gasteiger partial charge in [0.25, 0.3) is 0 Å². The van der Waals surface area contributed by atoms with Crippen LogP contribution >= 0.6 is 23.7 Å². The van der Waals surface area contributed by atoms with Crippen molar-refractivity contribution in [3.05, 3.63) is 35.3 Å². The summed E-state index contributed by atoms with van der Waals surface area (Å²) < 4.78 is 0. The number of rotatable bonds is 6. The summed E-state index contributed by atoms with van der Waals surface area (Å²) in [5.74, 6) is -0.0493. The molecule has 0 radical (unpaired) electrons. The summed E-state index contributed by atoms with van der Waals surface area (Å²) in [7, 11) is 1.84. The predicted molar refractivity (Wildman–Crippen MR) is 95.5 cm³/mol. The lowest BCUT2D eigenvalue weighted by Gasteiger charge is -2.12. The zero-order valence-electron chi connectivity index (χ0n) is 12.8. The number of amides is 1. The number of carbonyl (C=O) groups is 1. The molecule has 120 valence electrons. The number of aryl methyl sites for hydroxylation is 1. The summed E-state index contributed by atoms with van der Waals surface area (Å²) in [6, 6.07) is 7.61. The highest BCUT2D eigenvalue weighted by Crippen LogP contribution is 2.22. The third kappa shape index (κ3) is 5.29. The Hall–Kier alpha value is -1.63. The molecule has 1 amide bonds. The van der Waals surface area contributed by atoms with Crippen molar-refractivity contribution < 1.29 is 4.79 Å². The highest BCUT2D eigenvalue weighted by molar-refractivity contribution is 7.13. The standard InChI is InChI=1S/C15H20N4OS.ClH/c1-10(8-16-3)14(20)18-12-4-6-13(7-5-12)19-15-17-11(2)9-21-15;/h4-7,9-10,16H,8H2,1-3H3,(H,17,19)(H,18,20);1H. The van der Waals surface area contributed by atoms with Gasteiger partial charge in [-0.2, -0.15) is 0 Å². The van der Waals surface area contributed by atoms with Gasteiger partial charge in [-0.25, -0.2) is 4.98 Å². The number of aromatic nitrogens is 1. The second-order valence-electron chi connectivity index (χ2n) is 4.94. The van der Waals surface area contributed by atoms with Gasteiger partial charge in [-0.1, -0.05) is 6.92 Å². The van der Waals surface area contributed by atoms with Crippen LogP contribution in [0.3, 0.4) is 0 Å². The monoisotopic (exact) mass is 340 g/mol. The van der Waals surface area contributed by atoms with Gasteiger partial charge in [0.2, 0.25) is 5.91 Å². The normalized spacial score (nSPS) is 11.4. The predicted octanol–water partition coefficient (Wildman–Crippen LogP) is 3.41. The van der Waals surface area contributed by atoms with Gasteiger partial charge in [0, 0.05) is 29.2 Å². The number of nitrogens with one attached hydrogen (secondary N) is 3. The summed E-state index contributed by atoms with van der Waals surface area (Å²) in [5, 5.41) is 12.0. The van der Waals surface area contributed by atoms with Crippen LogP contribution in [-0.2, 0) is 4.79 Å². The number of nitrogens with zero attached hydrogens (tertiary/aromatic N) is 1. The highest BCUT2D eigenvalue weighted by Gasteiger charge is 2.11. The lowest BCUT2D eigenvalue weighted by atomic mass is 10.1. The van der Waals surface area contributed by atoms with Crippen LogP contribution in [0.5, 0.6) is 0 Å². The molecular weight excluding hydrogens is 320 g/mol. The molecule has 1 aromatic heterocycles. The van der Waals surface area contributed by atoms with Crippen molar-refractivity contribution in [1.82, 2.24) is 10.3 Å². The maximum atomic E-state index is 11.9. The van der Waals surface area contributed by atoms with E-state index in [1.807, 2.05) is 50.5 Å². The third-order valence-corrected chi connectivity index (χ3v) is 3.86. The molecule has 22 heavy (non-hydrogen) atoms. The Kier molecular flexibility index (Phi) is 7.31. The molecule has 0 aliphatic carbocycles. The molecule has 2 aromatic rings. The Balaban J connectivity index is 0.00000242. The second-order valence-corrected chi connectivity index (χ2v) is 5.80. The zero-order valence-corrected chi connectivity index (χ0v) is 14.5. The summed E-state index contributed by atoms with van der Waals surface area (Å²) in [6.45, 7) is 4.52. The van der Waals surface area contributed by atoms with Gasteiger partial charge < -0.3 is 16.0 Å². The van der Waals surface area contributed by atoms with Crippen LogP contribution in [0, 0.1) is 12.8 Å². The minimum absolute atomic E-state index is 0. The van der Waals surface area contributed by atoms with Crippen molar-refractivity contribution in [3.8, 4) is 0 Å². The Labute approximate surface area is 141 Å². The smallest absolute Gasteiger partial charge is 0.228 e. The van der Waals surface area contributed by atoms with Gasteiger partial charge in [-0.15, -0.1) is 23.7 Å². The van der Waals surface area contributed by atoms with Gasteiger partial charge in [-0.3, -0.25) is 4.79 Å². The second kappa shape index (κ2) is 8.73. The molecule has 0 aliphatic heterocycles. The van der Waals surface area contributed by atoms with Gasteiger partial charge in [0.1, 0.15) is 0 Å². The van der Waals surface area contributed by atoms with Crippen molar-refractivity contribution in [2.75, 3.05) is 24.2 Å². The number of hydrogen-bond acceptors (Lipinski definition) is 5. The minimum atomic E-state index is -0.0638. The topological polar surface area (TPSA) is 66.1 Å². The van der Waals surface area contributed by atoms with E-state index < -0.39 is 0 Å². The Morgan fingerprint density at radius 1 is 1.27 bits per heavy atom. The Bertz CT molecular complexity index is 600.